The Balaban J connectivity index is 1.55. The third-order valence-electron chi connectivity index (χ3n) is 5.28. The predicted molar refractivity (Wildman–Crippen MR) is 104 cm³/mol. The first-order valence-electron chi connectivity index (χ1n) is 9.35. The second-order valence-electron chi connectivity index (χ2n) is 7.35. The van der Waals surface area contributed by atoms with Gasteiger partial charge in [-0.15, -0.1) is 0 Å². The van der Waals surface area contributed by atoms with E-state index < -0.39 is 0 Å². The number of Topliss-reactive ketones (excluding diaryl/α,β-unsaturated/α-hetero) is 1. The van der Waals surface area contributed by atoms with Crippen molar-refractivity contribution < 1.29 is 4.79 Å². The van der Waals surface area contributed by atoms with Gasteiger partial charge in [-0.25, -0.2) is 9.97 Å². The van der Waals surface area contributed by atoms with Gasteiger partial charge in [0.25, 0.3) is 0 Å². The number of aromatic nitrogens is 4. The van der Waals surface area contributed by atoms with E-state index in [0.29, 0.717) is 6.42 Å². The van der Waals surface area contributed by atoms with Crippen molar-refractivity contribution in [1.82, 2.24) is 25.1 Å². The molecule has 6 heteroatoms. The van der Waals surface area contributed by atoms with Crippen LogP contribution >= 0.6 is 0 Å². The molecule has 6 nitrogen and oxygen atoms in total. The van der Waals surface area contributed by atoms with Gasteiger partial charge in [-0.05, 0) is 63.7 Å². The number of hydrogen-bond donors (Lipinski definition) is 0. The largest absolute Gasteiger partial charge is 0.306 e. The summed E-state index contributed by atoms with van der Waals surface area (Å²) in [6, 6.07) is 7.98. The molecule has 4 rings (SSSR count). The number of piperidine rings is 1. The lowest BCUT2D eigenvalue weighted by molar-refractivity contribution is -0.123. The fourth-order valence-corrected chi connectivity index (χ4v) is 3.55. The van der Waals surface area contributed by atoms with Gasteiger partial charge in [-0.3, -0.25) is 4.79 Å². The van der Waals surface area contributed by atoms with E-state index in [1.54, 1.807) is 0 Å². The zero-order valence-electron chi connectivity index (χ0n) is 15.7. The minimum atomic E-state index is 0.148. The summed E-state index contributed by atoms with van der Waals surface area (Å²) in [5.41, 5.74) is 3.55. The van der Waals surface area contributed by atoms with Crippen molar-refractivity contribution in [2.45, 2.75) is 26.2 Å². The minimum absolute atomic E-state index is 0.148. The maximum atomic E-state index is 12.6. The predicted octanol–water partition coefficient (Wildman–Crippen LogP) is 2.85. The Morgan fingerprint density at radius 3 is 2.56 bits per heavy atom. The lowest BCUT2D eigenvalue weighted by Crippen LogP contribution is -2.34. The molecular formula is C21H23N5O. The highest BCUT2D eigenvalue weighted by Gasteiger charge is 2.23. The van der Waals surface area contributed by atoms with Crippen LogP contribution in [-0.4, -0.2) is 51.0 Å². The zero-order chi connectivity index (χ0) is 18.8. The molecule has 2 aromatic heterocycles. The van der Waals surface area contributed by atoms with Crippen molar-refractivity contribution in [3.05, 3.63) is 48.2 Å². The summed E-state index contributed by atoms with van der Waals surface area (Å²) in [5, 5.41) is 9.54. The van der Waals surface area contributed by atoms with Crippen LogP contribution < -0.4 is 0 Å². The van der Waals surface area contributed by atoms with Gasteiger partial charge < -0.3 is 4.90 Å². The average molecular weight is 361 g/mol. The van der Waals surface area contributed by atoms with E-state index in [-0.39, 0.29) is 11.7 Å². The molecule has 3 heterocycles. The van der Waals surface area contributed by atoms with Crippen molar-refractivity contribution in [3.63, 3.8) is 0 Å². The first kappa shape index (κ1) is 17.7. The molecule has 1 aliphatic rings. The van der Waals surface area contributed by atoms with Crippen LogP contribution in [0.1, 0.15) is 24.4 Å². The number of carbonyl (C=O) groups is 1. The Hall–Kier alpha value is -2.73. The van der Waals surface area contributed by atoms with Crippen LogP contribution in [0.3, 0.4) is 0 Å². The summed E-state index contributed by atoms with van der Waals surface area (Å²) in [6.45, 7) is 3.84. The Morgan fingerprint density at radius 2 is 1.81 bits per heavy atom. The SMILES string of the molecule is Cc1ncc(-c2ccc3nnc(CC(=O)C4CCN(C)CC4)cc3c2)cn1. The number of aryl methyl sites for hydroxylation is 1. The molecule has 0 saturated carbocycles. The molecule has 27 heavy (non-hydrogen) atoms. The summed E-state index contributed by atoms with van der Waals surface area (Å²) in [6.07, 6.45) is 5.88. The summed E-state index contributed by atoms with van der Waals surface area (Å²) in [5.74, 6) is 1.18. The molecule has 0 aliphatic carbocycles. The van der Waals surface area contributed by atoms with Gasteiger partial charge in [0.2, 0.25) is 0 Å². The quantitative estimate of drug-likeness (QED) is 0.711. The molecule has 3 aromatic rings. The smallest absolute Gasteiger partial charge is 0.142 e. The summed E-state index contributed by atoms with van der Waals surface area (Å²) < 4.78 is 0. The van der Waals surface area contributed by atoms with E-state index in [1.807, 2.05) is 37.5 Å². The number of hydrogen-bond acceptors (Lipinski definition) is 6. The molecule has 0 unspecified atom stereocenters. The topological polar surface area (TPSA) is 71.9 Å². The van der Waals surface area contributed by atoms with Gasteiger partial charge in [0.1, 0.15) is 11.6 Å². The molecule has 0 radical (unpaired) electrons. The van der Waals surface area contributed by atoms with E-state index >= 15 is 0 Å². The standard InChI is InChI=1S/C21H23N5O/c1-14-22-12-18(13-23-14)16-3-4-20-17(9-16)10-19(24-25-20)11-21(27)15-5-7-26(2)8-6-15/h3-4,9-10,12-13,15H,5-8,11H2,1-2H3. The Morgan fingerprint density at radius 1 is 1.07 bits per heavy atom. The summed E-state index contributed by atoms with van der Waals surface area (Å²) >= 11 is 0. The fourth-order valence-electron chi connectivity index (χ4n) is 3.55. The van der Waals surface area contributed by atoms with E-state index in [1.165, 1.54) is 0 Å². The summed E-state index contributed by atoms with van der Waals surface area (Å²) in [7, 11) is 2.10. The Kier molecular flexibility index (Phi) is 4.90. The number of rotatable bonds is 4. The number of benzene rings is 1. The zero-order valence-corrected chi connectivity index (χ0v) is 15.7. The Bertz CT molecular complexity index is 962. The normalized spacial score (nSPS) is 15.9. The first-order chi connectivity index (χ1) is 13.1. The van der Waals surface area contributed by atoms with Crippen LogP contribution in [0.15, 0.2) is 36.7 Å². The van der Waals surface area contributed by atoms with Crippen molar-refractivity contribution in [2.75, 3.05) is 20.1 Å². The third kappa shape index (κ3) is 4.01. The monoisotopic (exact) mass is 361 g/mol. The molecular weight excluding hydrogens is 338 g/mol. The van der Waals surface area contributed by atoms with Gasteiger partial charge in [-0.1, -0.05) is 6.07 Å². The lowest BCUT2D eigenvalue weighted by Gasteiger charge is -2.27. The lowest BCUT2D eigenvalue weighted by atomic mass is 9.90. The van der Waals surface area contributed by atoms with Crippen LogP contribution in [0.25, 0.3) is 22.0 Å². The molecule has 0 bridgehead atoms. The highest BCUT2D eigenvalue weighted by molar-refractivity contribution is 5.86. The molecule has 1 aliphatic heterocycles. The van der Waals surface area contributed by atoms with Gasteiger partial charge >= 0.3 is 0 Å². The van der Waals surface area contributed by atoms with E-state index in [9.17, 15) is 4.79 Å². The first-order valence-corrected chi connectivity index (χ1v) is 9.35. The molecule has 1 aromatic carbocycles. The molecule has 0 amide bonds. The minimum Gasteiger partial charge on any atom is -0.306 e. The van der Waals surface area contributed by atoms with Crippen molar-refractivity contribution >= 4 is 16.7 Å². The maximum Gasteiger partial charge on any atom is 0.142 e. The molecule has 1 fully saturated rings. The number of likely N-dealkylation sites (tertiary alicyclic amines) is 1. The number of fused-ring (bicyclic) bond motifs is 1. The van der Waals surface area contributed by atoms with Gasteiger partial charge in [-0.2, -0.15) is 10.2 Å². The van der Waals surface area contributed by atoms with Crippen LogP contribution in [0.5, 0.6) is 0 Å². The molecule has 0 spiro atoms. The second kappa shape index (κ2) is 7.48. The average Bonchev–Trinajstić information content (AvgIpc) is 2.68. The van der Waals surface area contributed by atoms with Crippen molar-refractivity contribution in [1.29, 1.82) is 0 Å². The molecule has 0 atom stereocenters. The molecule has 138 valence electrons. The second-order valence-corrected chi connectivity index (χ2v) is 7.35. The molecule has 0 N–H and O–H groups in total. The third-order valence-corrected chi connectivity index (χ3v) is 5.28. The van der Waals surface area contributed by atoms with Crippen molar-refractivity contribution in [2.24, 2.45) is 5.92 Å². The van der Waals surface area contributed by atoms with E-state index in [0.717, 1.165) is 59.5 Å². The fraction of sp³-hybridized carbons (Fsp3) is 0.381. The maximum absolute atomic E-state index is 12.6. The van der Waals surface area contributed by atoms with Crippen LogP contribution in [-0.2, 0) is 11.2 Å². The van der Waals surface area contributed by atoms with Gasteiger partial charge in [0.15, 0.2) is 0 Å². The van der Waals surface area contributed by atoms with Gasteiger partial charge in [0, 0.05) is 29.3 Å². The number of carbonyl (C=O) groups excluding carboxylic acids is 1. The molecule has 1 saturated heterocycles. The Labute approximate surface area is 158 Å². The van der Waals surface area contributed by atoms with Gasteiger partial charge in [0.05, 0.1) is 17.6 Å². The van der Waals surface area contributed by atoms with Crippen molar-refractivity contribution in [3.8, 4) is 11.1 Å². The number of nitrogens with zero attached hydrogens (tertiary/aromatic N) is 5. The summed E-state index contributed by atoms with van der Waals surface area (Å²) in [4.78, 5) is 23.4. The van der Waals surface area contributed by atoms with E-state index in [4.69, 9.17) is 0 Å². The number of ketones is 1. The highest BCUT2D eigenvalue weighted by Crippen LogP contribution is 2.24. The van der Waals surface area contributed by atoms with Crippen LogP contribution in [0, 0.1) is 12.8 Å². The van der Waals surface area contributed by atoms with Crippen LogP contribution in [0.4, 0.5) is 0 Å². The highest BCUT2D eigenvalue weighted by atomic mass is 16.1. The van der Waals surface area contributed by atoms with Crippen LogP contribution in [0.2, 0.25) is 0 Å². The van der Waals surface area contributed by atoms with E-state index in [2.05, 4.69) is 38.2 Å².